The van der Waals surface area contributed by atoms with Crippen molar-refractivity contribution in [1.29, 1.82) is 0 Å². The molecule has 2 amide bonds. The second kappa shape index (κ2) is 10.3. The van der Waals surface area contributed by atoms with Gasteiger partial charge in [-0.25, -0.2) is 4.79 Å². The minimum absolute atomic E-state index is 0.0570. The summed E-state index contributed by atoms with van der Waals surface area (Å²) in [6.45, 7) is 4.09. The molecule has 4 rings (SSSR count). The third kappa shape index (κ3) is 5.24. The second-order valence-electron chi connectivity index (χ2n) is 9.27. The number of aliphatic carboxylic acids is 1. The maximum atomic E-state index is 13.2. The normalized spacial score (nSPS) is 16.2. The van der Waals surface area contributed by atoms with Crippen LogP contribution in [0, 0.1) is 5.92 Å². The van der Waals surface area contributed by atoms with Gasteiger partial charge in [0.05, 0.1) is 6.42 Å². The highest BCUT2D eigenvalue weighted by Crippen LogP contribution is 2.44. The summed E-state index contributed by atoms with van der Waals surface area (Å²) in [5.41, 5.74) is 4.56. The molecule has 180 valence electrons. The Morgan fingerprint density at radius 3 is 2.18 bits per heavy atom. The lowest BCUT2D eigenvalue weighted by Gasteiger charge is -2.31. The Kier molecular flexibility index (Phi) is 7.20. The first-order chi connectivity index (χ1) is 16.4. The van der Waals surface area contributed by atoms with Crippen LogP contribution in [-0.2, 0) is 14.3 Å². The lowest BCUT2D eigenvalue weighted by Crippen LogP contribution is -2.52. The molecule has 7 heteroatoms. The van der Waals surface area contributed by atoms with Crippen LogP contribution in [0.5, 0.6) is 0 Å². The molecule has 0 spiro atoms. The average molecular weight is 465 g/mol. The van der Waals surface area contributed by atoms with Gasteiger partial charge in [0.1, 0.15) is 12.6 Å². The molecule has 2 N–H and O–H groups in total. The standard InChI is InChI=1S/C27H32N2O5/c1-3-29(17(2)14-25(30)31)26(32)24(15-18-12-13-18)28-27(33)34-16-23-21-10-6-4-8-19(21)20-9-5-7-11-22(20)23/h4-11,17-18,23-24H,3,12-16H2,1-2H3,(H,28,33)(H,30,31). The van der Waals surface area contributed by atoms with Gasteiger partial charge in [-0.2, -0.15) is 0 Å². The lowest BCUT2D eigenvalue weighted by molar-refractivity contribution is -0.141. The summed E-state index contributed by atoms with van der Waals surface area (Å²) in [6, 6.07) is 15.1. The molecule has 0 aliphatic heterocycles. The SMILES string of the molecule is CCN(C(=O)C(CC1CC1)NC(=O)OCC1c2ccccc2-c2ccccc21)C(C)CC(=O)O. The van der Waals surface area contributed by atoms with Crippen molar-refractivity contribution in [2.75, 3.05) is 13.2 Å². The zero-order valence-corrected chi connectivity index (χ0v) is 19.7. The fraction of sp³-hybridized carbons (Fsp3) is 0.444. The fourth-order valence-corrected chi connectivity index (χ4v) is 4.94. The van der Waals surface area contributed by atoms with Gasteiger partial charge < -0.3 is 20.1 Å². The Labute approximate surface area is 200 Å². The number of carboxylic acid groups (broad SMARTS) is 1. The minimum Gasteiger partial charge on any atom is -0.481 e. The summed E-state index contributed by atoms with van der Waals surface area (Å²) in [5, 5.41) is 11.9. The number of likely N-dealkylation sites (N-methyl/N-ethyl adjacent to an activating group) is 1. The number of hydrogen-bond acceptors (Lipinski definition) is 4. The highest BCUT2D eigenvalue weighted by atomic mass is 16.5. The van der Waals surface area contributed by atoms with Gasteiger partial charge in [-0.05, 0) is 48.4 Å². The second-order valence-corrected chi connectivity index (χ2v) is 9.27. The van der Waals surface area contributed by atoms with Gasteiger partial charge in [0, 0.05) is 18.5 Å². The molecule has 34 heavy (non-hydrogen) atoms. The van der Waals surface area contributed by atoms with Crippen LogP contribution in [0.2, 0.25) is 0 Å². The van der Waals surface area contributed by atoms with Crippen molar-refractivity contribution in [3.05, 3.63) is 59.7 Å². The number of amides is 2. The van der Waals surface area contributed by atoms with E-state index in [1.807, 2.05) is 31.2 Å². The molecule has 2 aliphatic rings. The Hall–Kier alpha value is -3.35. The predicted molar refractivity (Wildman–Crippen MR) is 128 cm³/mol. The van der Waals surface area contributed by atoms with Gasteiger partial charge >= 0.3 is 12.1 Å². The first-order valence-corrected chi connectivity index (χ1v) is 12.0. The summed E-state index contributed by atoms with van der Waals surface area (Å²) >= 11 is 0. The van der Waals surface area contributed by atoms with Crippen LogP contribution in [0.4, 0.5) is 4.79 Å². The lowest BCUT2D eigenvalue weighted by atomic mass is 9.98. The number of nitrogens with one attached hydrogen (secondary N) is 1. The average Bonchev–Trinajstić information content (AvgIpc) is 3.57. The number of carbonyl (C=O) groups excluding carboxylic acids is 2. The first kappa shape index (κ1) is 23.8. The van der Waals surface area contributed by atoms with Crippen molar-refractivity contribution in [3.63, 3.8) is 0 Å². The maximum absolute atomic E-state index is 13.2. The van der Waals surface area contributed by atoms with Gasteiger partial charge in [0.15, 0.2) is 0 Å². The number of alkyl carbamates (subject to hydrolysis) is 1. The molecule has 2 atom stereocenters. The van der Waals surface area contributed by atoms with E-state index < -0.39 is 24.1 Å². The topological polar surface area (TPSA) is 95.9 Å². The quantitative estimate of drug-likeness (QED) is 0.543. The molecule has 0 saturated heterocycles. The number of rotatable bonds is 10. The highest BCUT2D eigenvalue weighted by molar-refractivity contribution is 5.86. The Balaban J connectivity index is 1.43. The summed E-state index contributed by atoms with van der Waals surface area (Å²) in [7, 11) is 0. The van der Waals surface area contributed by atoms with E-state index in [0.717, 1.165) is 35.1 Å². The van der Waals surface area contributed by atoms with Crippen molar-refractivity contribution < 1.29 is 24.2 Å². The maximum Gasteiger partial charge on any atom is 0.407 e. The van der Waals surface area contributed by atoms with Crippen LogP contribution < -0.4 is 5.32 Å². The third-order valence-corrected chi connectivity index (χ3v) is 6.83. The number of nitrogens with zero attached hydrogens (tertiary/aromatic N) is 1. The van der Waals surface area contributed by atoms with Crippen LogP contribution in [0.25, 0.3) is 11.1 Å². The first-order valence-electron chi connectivity index (χ1n) is 12.0. The Morgan fingerprint density at radius 2 is 1.65 bits per heavy atom. The van der Waals surface area contributed by atoms with E-state index >= 15 is 0 Å². The van der Waals surface area contributed by atoms with Crippen LogP contribution >= 0.6 is 0 Å². The minimum atomic E-state index is -0.956. The van der Waals surface area contributed by atoms with Gasteiger partial charge in [0.25, 0.3) is 0 Å². The van der Waals surface area contributed by atoms with Gasteiger partial charge in [0.2, 0.25) is 5.91 Å². The smallest absolute Gasteiger partial charge is 0.407 e. The van der Waals surface area contributed by atoms with Gasteiger partial charge in [-0.1, -0.05) is 61.4 Å². The molecule has 0 bridgehead atoms. The Bertz CT molecular complexity index is 1020. The van der Waals surface area contributed by atoms with Crippen LogP contribution in [0.3, 0.4) is 0 Å². The largest absolute Gasteiger partial charge is 0.481 e. The third-order valence-electron chi connectivity index (χ3n) is 6.83. The van der Waals surface area contributed by atoms with Crippen molar-refractivity contribution >= 4 is 18.0 Å². The molecule has 2 aliphatic carbocycles. The molecule has 7 nitrogen and oxygen atoms in total. The molecular formula is C27H32N2O5. The number of benzene rings is 2. The highest BCUT2D eigenvalue weighted by Gasteiger charge is 2.35. The van der Waals surface area contributed by atoms with Crippen molar-refractivity contribution in [1.82, 2.24) is 10.2 Å². The van der Waals surface area contributed by atoms with E-state index in [2.05, 4.69) is 29.6 Å². The molecule has 1 saturated carbocycles. The van der Waals surface area contributed by atoms with Gasteiger partial charge in [-0.3, -0.25) is 9.59 Å². The molecule has 0 radical (unpaired) electrons. The zero-order valence-electron chi connectivity index (χ0n) is 19.7. The van der Waals surface area contributed by atoms with E-state index in [4.69, 9.17) is 9.84 Å². The summed E-state index contributed by atoms with van der Waals surface area (Å²) in [4.78, 5) is 38.7. The van der Waals surface area contributed by atoms with Crippen LogP contribution in [-0.4, -0.2) is 53.2 Å². The van der Waals surface area contributed by atoms with E-state index in [0.29, 0.717) is 18.9 Å². The summed E-state index contributed by atoms with van der Waals surface area (Å²) < 4.78 is 5.65. The van der Waals surface area contributed by atoms with Gasteiger partial charge in [-0.15, -0.1) is 0 Å². The fourth-order valence-electron chi connectivity index (χ4n) is 4.94. The molecule has 0 aromatic heterocycles. The monoisotopic (exact) mass is 464 g/mol. The van der Waals surface area contributed by atoms with Crippen molar-refractivity contribution in [3.8, 4) is 11.1 Å². The van der Waals surface area contributed by atoms with Crippen LogP contribution in [0.1, 0.15) is 56.6 Å². The number of carboxylic acids is 1. The summed E-state index contributed by atoms with van der Waals surface area (Å²) in [5.74, 6) is -0.867. The van der Waals surface area contributed by atoms with E-state index in [1.165, 1.54) is 4.90 Å². The van der Waals surface area contributed by atoms with Crippen LogP contribution in [0.15, 0.2) is 48.5 Å². The number of carbonyl (C=O) groups is 3. The molecule has 2 unspecified atom stereocenters. The van der Waals surface area contributed by atoms with E-state index in [-0.39, 0.29) is 24.9 Å². The van der Waals surface area contributed by atoms with E-state index in [9.17, 15) is 14.4 Å². The Morgan fingerprint density at radius 1 is 1.06 bits per heavy atom. The predicted octanol–water partition coefficient (Wildman–Crippen LogP) is 4.41. The number of fused-ring (bicyclic) bond motifs is 3. The molecule has 2 aromatic rings. The summed E-state index contributed by atoms with van der Waals surface area (Å²) in [6.07, 6.45) is 1.85. The number of ether oxygens (including phenoxy) is 1. The zero-order chi connectivity index (χ0) is 24.2. The molecule has 2 aromatic carbocycles. The molecule has 1 fully saturated rings. The number of hydrogen-bond donors (Lipinski definition) is 2. The van der Waals surface area contributed by atoms with E-state index in [1.54, 1.807) is 6.92 Å². The van der Waals surface area contributed by atoms with Crippen molar-refractivity contribution in [2.24, 2.45) is 5.92 Å². The molecule has 0 heterocycles. The van der Waals surface area contributed by atoms with Crippen molar-refractivity contribution in [2.45, 2.75) is 57.5 Å². The molecular weight excluding hydrogens is 432 g/mol.